The van der Waals surface area contributed by atoms with E-state index >= 15 is 0 Å². The molecular weight excluding hydrogens is 390 g/mol. The van der Waals surface area contributed by atoms with Gasteiger partial charge in [0.2, 0.25) is 0 Å². The van der Waals surface area contributed by atoms with Gasteiger partial charge in [-0.2, -0.15) is 0 Å². The number of hydrogen-bond acceptors (Lipinski definition) is 5. The Balaban J connectivity index is 1.30. The molecule has 0 saturated carbocycles. The van der Waals surface area contributed by atoms with Gasteiger partial charge in [0.05, 0.1) is 0 Å². The van der Waals surface area contributed by atoms with Crippen LogP contribution in [0.4, 0.5) is 11.5 Å². The lowest BCUT2D eigenvalue weighted by Crippen LogP contribution is -2.45. The Hall–Kier alpha value is -3.74. The molecule has 1 fully saturated rings. The summed E-state index contributed by atoms with van der Waals surface area (Å²) in [6.07, 6.45) is 1.66. The third kappa shape index (κ3) is 5.06. The van der Waals surface area contributed by atoms with E-state index in [2.05, 4.69) is 25.7 Å². The zero-order chi connectivity index (χ0) is 21.6. The molecule has 3 aromatic rings. The van der Waals surface area contributed by atoms with E-state index in [1.54, 1.807) is 6.07 Å². The number of amides is 2. The predicted octanol–water partition coefficient (Wildman–Crippen LogP) is 3.44. The second-order valence-corrected chi connectivity index (χ2v) is 7.65. The lowest BCUT2D eigenvalue weighted by atomic mass is 10.0. The normalized spacial score (nSPS) is 14.2. The van der Waals surface area contributed by atoms with Gasteiger partial charge < -0.3 is 15.5 Å². The van der Waals surface area contributed by atoms with Crippen molar-refractivity contribution in [2.45, 2.75) is 25.8 Å². The molecule has 0 unspecified atom stereocenters. The Labute approximate surface area is 181 Å². The Bertz CT molecular complexity index is 1050. The van der Waals surface area contributed by atoms with Crippen LogP contribution in [0.2, 0.25) is 0 Å². The molecule has 0 spiro atoms. The molecule has 0 aliphatic carbocycles. The van der Waals surface area contributed by atoms with Gasteiger partial charge in [0.25, 0.3) is 11.8 Å². The lowest BCUT2D eigenvalue weighted by Gasteiger charge is -2.33. The van der Waals surface area contributed by atoms with Gasteiger partial charge in [0.1, 0.15) is 0 Å². The smallest absolute Gasteiger partial charge is 0.276 e. The van der Waals surface area contributed by atoms with Crippen LogP contribution < -0.4 is 15.5 Å². The van der Waals surface area contributed by atoms with Crippen LogP contribution in [0.5, 0.6) is 0 Å². The van der Waals surface area contributed by atoms with Crippen LogP contribution in [-0.2, 0) is 0 Å². The third-order valence-corrected chi connectivity index (χ3v) is 5.46. The molecule has 158 valence electrons. The molecule has 2 amide bonds. The molecule has 1 saturated heterocycles. The number of piperidine rings is 1. The molecule has 2 heterocycles. The second-order valence-electron chi connectivity index (χ2n) is 7.65. The summed E-state index contributed by atoms with van der Waals surface area (Å²) in [5, 5.41) is 14.3. The highest BCUT2D eigenvalue weighted by Gasteiger charge is 2.23. The van der Waals surface area contributed by atoms with Crippen LogP contribution in [0.15, 0.2) is 66.7 Å². The van der Waals surface area contributed by atoms with Crippen molar-refractivity contribution >= 4 is 23.3 Å². The van der Waals surface area contributed by atoms with E-state index in [0.717, 1.165) is 42.9 Å². The fourth-order valence-electron chi connectivity index (χ4n) is 3.68. The number of anilines is 2. The first-order valence-corrected chi connectivity index (χ1v) is 10.4. The van der Waals surface area contributed by atoms with Crippen LogP contribution in [-0.4, -0.2) is 41.1 Å². The first-order chi connectivity index (χ1) is 15.1. The quantitative estimate of drug-likeness (QED) is 0.667. The molecule has 4 rings (SSSR count). The average molecular weight is 415 g/mol. The van der Waals surface area contributed by atoms with E-state index in [1.165, 1.54) is 0 Å². The Kier molecular flexibility index (Phi) is 6.21. The summed E-state index contributed by atoms with van der Waals surface area (Å²) in [5.74, 6) is 0.424. The topological polar surface area (TPSA) is 87.2 Å². The summed E-state index contributed by atoms with van der Waals surface area (Å²) < 4.78 is 0. The van der Waals surface area contributed by atoms with Gasteiger partial charge in [-0.3, -0.25) is 9.59 Å². The van der Waals surface area contributed by atoms with Crippen molar-refractivity contribution in [3.05, 3.63) is 83.6 Å². The number of carbonyl (C=O) groups excluding carboxylic acids is 2. The number of nitrogens with one attached hydrogen (secondary N) is 2. The number of para-hydroxylation sites is 1. The molecule has 7 heteroatoms. The molecule has 0 atom stereocenters. The molecule has 7 nitrogen and oxygen atoms in total. The third-order valence-electron chi connectivity index (χ3n) is 5.46. The minimum Gasteiger partial charge on any atom is -0.355 e. The highest BCUT2D eigenvalue weighted by atomic mass is 16.2. The van der Waals surface area contributed by atoms with Crippen molar-refractivity contribution in [3.63, 3.8) is 0 Å². The van der Waals surface area contributed by atoms with Gasteiger partial charge in [0, 0.05) is 30.4 Å². The molecule has 1 aliphatic heterocycles. The van der Waals surface area contributed by atoms with Gasteiger partial charge >= 0.3 is 0 Å². The first-order valence-electron chi connectivity index (χ1n) is 10.4. The minimum absolute atomic E-state index is 0.0230. The predicted molar refractivity (Wildman–Crippen MR) is 120 cm³/mol. The van der Waals surface area contributed by atoms with E-state index in [9.17, 15) is 9.59 Å². The molecule has 31 heavy (non-hydrogen) atoms. The average Bonchev–Trinajstić information content (AvgIpc) is 2.80. The highest BCUT2D eigenvalue weighted by Crippen LogP contribution is 2.18. The maximum atomic E-state index is 12.5. The zero-order valence-electron chi connectivity index (χ0n) is 17.4. The van der Waals surface area contributed by atoms with Crippen LogP contribution >= 0.6 is 0 Å². The molecule has 2 N–H and O–H groups in total. The molecule has 2 aromatic carbocycles. The number of aryl methyl sites for hydroxylation is 1. The Morgan fingerprint density at radius 3 is 2.26 bits per heavy atom. The Morgan fingerprint density at radius 2 is 1.58 bits per heavy atom. The summed E-state index contributed by atoms with van der Waals surface area (Å²) in [7, 11) is 0. The van der Waals surface area contributed by atoms with E-state index in [1.807, 2.05) is 67.6 Å². The number of nitrogens with zero attached hydrogens (tertiary/aromatic N) is 3. The number of benzene rings is 2. The summed E-state index contributed by atoms with van der Waals surface area (Å²) in [5.41, 5.74) is 2.69. The minimum atomic E-state index is -0.289. The summed E-state index contributed by atoms with van der Waals surface area (Å²) in [4.78, 5) is 27.0. The van der Waals surface area contributed by atoms with Crippen LogP contribution in [0.25, 0.3) is 0 Å². The Morgan fingerprint density at radius 1 is 0.871 bits per heavy atom. The SMILES string of the molecule is Cc1ccccc1C(=O)NC1CCN(c2ccc(C(=O)Nc3ccccc3)nn2)CC1. The van der Waals surface area contributed by atoms with E-state index < -0.39 is 0 Å². The van der Waals surface area contributed by atoms with Crippen molar-refractivity contribution in [2.24, 2.45) is 0 Å². The number of hydrogen-bond donors (Lipinski definition) is 2. The van der Waals surface area contributed by atoms with E-state index in [-0.39, 0.29) is 23.6 Å². The van der Waals surface area contributed by atoms with Crippen molar-refractivity contribution < 1.29 is 9.59 Å². The zero-order valence-corrected chi connectivity index (χ0v) is 17.4. The summed E-state index contributed by atoms with van der Waals surface area (Å²) in [6, 6.07) is 20.5. The van der Waals surface area contributed by atoms with Crippen molar-refractivity contribution in [2.75, 3.05) is 23.3 Å². The van der Waals surface area contributed by atoms with Crippen molar-refractivity contribution in [1.29, 1.82) is 0 Å². The van der Waals surface area contributed by atoms with Gasteiger partial charge in [-0.15, -0.1) is 10.2 Å². The molecule has 0 radical (unpaired) electrons. The van der Waals surface area contributed by atoms with Gasteiger partial charge in [-0.1, -0.05) is 36.4 Å². The van der Waals surface area contributed by atoms with Crippen LogP contribution in [0.1, 0.15) is 39.3 Å². The lowest BCUT2D eigenvalue weighted by molar-refractivity contribution is 0.0930. The summed E-state index contributed by atoms with van der Waals surface area (Å²) >= 11 is 0. The maximum absolute atomic E-state index is 12.5. The second kappa shape index (κ2) is 9.38. The number of aromatic nitrogens is 2. The van der Waals surface area contributed by atoms with Gasteiger partial charge in [0.15, 0.2) is 11.5 Å². The van der Waals surface area contributed by atoms with E-state index in [4.69, 9.17) is 0 Å². The van der Waals surface area contributed by atoms with E-state index in [0.29, 0.717) is 5.69 Å². The van der Waals surface area contributed by atoms with Crippen molar-refractivity contribution in [3.8, 4) is 0 Å². The first kappa shape index (κ1) is 20.5. The largest absolute Gasteiger partial charge is 0.355 e. The summed E-state index contributed by atoms with van der Waals surface area (Å²) in [6.45, 7) is 3.48. The van der Waals surface area contributed by atoms with Crippen LogP contribution in [0, 0.1) is 6.92 Å². The maximum Gasteiger partial charge on any atom is 0.276 e. The standard InChI is InChI=1S/C24H25N5O2/c1-17-7-5-6-10-20(17)23(30)25-19-13-15-29(16-14-19)22-12-11-21(27-28-22)24(31)26-18-8-3-2-4-9-18/h2-12,19H,13-16H2,1H3,(H,25,30)(H,26,31). The number of carbonyl (C=O) groups is 2. The molecule has 0 bridgehead atoms. The molecular formula is C24H25N5O2. The molecule has 1 aromatic heterocycles. The van der Waals surface area contributed by atoms with Crippen molar-refractivity contribution in [1.82, 2.24) is 15.5 Å². The fraction of sp³-hybridized carbons (Fsp3) is 0.250. The van der Waals surface area contributed by atoms with Gasteiger partial charge in [-0.25, -0.2) is 0 Å². The van der Waals surface area contributed by atoms with Gasteiger partial charge in [-0.05, 0) is 55.7 Å². The van der Waals surface area contributed by atoms with Crippen LogP contribution in [0.3, 0.4) is 0 Å². The fourth-order valence-corrected chi connectivity index (χ4v) is 3.68. The monoisotopic (exact) mass is 415 g/mol. The molecule has 1 aliphatic rings. The highest BCUT2D eigenvalue weighted by molar-refractivity contribution is 6.02. The number of rotatable bonds is 5.